The lowest BCUT2D eigenvalue weighted by Gasteiger charge is -2.26. The summed E-state index contributed by atoms with van der Waals surface area (Å²) in [7, 11) is 0. The molecule has 0 radical (unpaired) electrons. The van der Waals surface area contributed by atoms with Gasteiger partial charge in [0, 0.05) is 12.6 Å². The Kier molecular flexibility index (Phi) is 3.49. The van der Waals surface area contributed by atoms with E-state index in [4.69, 9.17) is 0 Å². The van der Waals surface area contributed by atoms with Crippen molar-refractivity contribution in [2.24, 2.45) is 5.92 Å². The molecule has 0 bridgehead atoms. The van der Waals surface area contributed by atoms with Gasteiger partial charge >= 0.3 is 0 Å². The second-order valence-corrected chi connectivity index (χ2v) is 4.32. The van der Waals surface area contributed by atoms with Gasteiger partial charge in [0.1, 0.15) is 5.69 Å². The van der Waals surface area contributed by atoms with Gasteiger partial charge in [-0.3, -0.25) is 4.98 Å². The molecule has 0 saturated carbocycles. The molecule has 0 aliphatic carbocycles. The highest BCUT2D eigenvalue weighted by Gasteiger charge is 2.36. The highest BCUT2D eigenvalue weighted by molar-refractivity contribution is 5.10. The summed E-state index contributed by atoms with van der Waals surface area (Å²) in [6, 6.07) is 4.67. The zero-order chi connectivity index (χ0) is 11.4. The summed E-state index contributed by atoms with van der Waals surface area (Å²) < 4.78 is 27.7. The minimum atomic E-state index is -2.79. The molecule has 0 unspecified atom stereocenters. The van der Waals surface area contributed by atoms with Crippen molar-refractivity contribution in [2.75, 3.05) is 13.1 Å². The Morgan fingerprint density at radius 1 is 1.31 bits per heavy atom. The fourth-order valence-electron chi connectivity index (χ4n) is 2.13. The van der Waals surface area contributed by atoms with Crippen LogP contribution in [0.15, 0.2) is 24.4 Å². The van der Waals surface area contributed by atoms with E-state index in [0.29, 0.717) is 0 Å². The topological polar surface area (TPSA) is 24.9 Å². The van der Waals surface area contributed by atoms with Crippen molar-refractivity contribution in [1.82, 2.24) is 10.3 Å². The predicted molar refractivity (Wildman–Crippen MR) is 58.3 cm³/mol. The van der Waals surface area contributed by atoms with Crippen LogP contribution in [0.1, 0.15) is 25.0 Å². The number of aromatic nitrogens is 1. The Labute approximate surface area is 94.1 Å². The third-order valence-corrected chi connectivity index (χ3v) is 3.04. The van der Waals surface area contributed by atoms with E-state index in [2.05, 4.69) is 10.3 Å². The van der Waals surface area contributed by atoms with E-state index in [9.17, 15) is 8.78 Å². The summed E-state index contributed by atoms with van der Waals surface area (Å²) in [5, 5.41) is 3.18. The van der Waals surface area contributed by atoms with Gasteiger partial charge in [-0.2, -0.15) is 8.78 Å². The first-order chi connectivity index (χ1) is 7.68. The van der Waals surface area contributed by atoms with Crippen LogP contribution < -0.4 is 5.32 Å². The lowest BCUT2D eigenvalue weighted by Crippen LogP contribution is -2.31. The van der Waals surface area contributed by atoms with Crippen LogP contribution in [0.2, 0.25) is 0 Å². The molecule has 1 fully saturated rings. The zero-order valence-electron chi connectivity index (χ0n) is 9.13. The average molecular weight is 226 g/mol. The van der Waals surface area contributed by atoms with Gasteiger partial charge in [0.2, 0.25) is 0 Å². The summed E-state index contributed by atoms with van der Waals surface area (Å²) in [6.45, 7) is 1.70. The number of alkyl halides is 2. The SMILES string of the molecule is FC(F)(CC1CCNCC1)c1ccccn1. The van der Waals surface area contributed by atoms with Gasteiger partial charge in [0.05, 0.1) is 0 Å². The first kappa shape index (κ1) is 11.5. The normalized spacial score (nSPS) is 18.6. The number of pyridine rings is 1. The highest BCUT2D eigenvalue weighted by atomic mass is 19.3. The molecule has 1 aliphatic heterocycles. The zero-order valence-corrected chi connectivity index (χ0v) is 9.13. The molecule has 88 valence electrons. The number of nitrogens with one attached hydrogen (secondary N) is 1. The Bertz CT molecular complexity index is 321. The molecule has 16 heavy (non-hydrogen) atoms. The summed E-state index contributed by atoms with van der Waals surface area (Å²) >= 11 is 0. The van der Waals surface area contributed by atoms with Crippen LogP contribution in [-0.4, -0.2) is 18.1 Å². The molecule has 4 heteroatoms. The summed E-state index contributed by atoms with van der Waals surface area (Å²) in [4.78, 5) is 3.75. The van der Waals surface area contributed by atoms with Gasteiger partial charge in [0.25, 0.3) is 5.92 Å². The monoisotopic (exact) mass is 226 g/mol. The van der Waals surface area contributed by atoms with Crippen LogP contribution in [0.4, 0.5) is 8.78 Å². The molecular formula is C12H16F2N2. The minimum absolute atomic E-state index is 0.0777. The van der Waals surface area contributed by atoms with Crippen molar-refractivity contribution < 1.29 is 8.78 Å². The van der Waals surface area contributed by atoms with E-state index in [0.717, 1.165) is 25.9 Å². The van der Waals surface area contributed by atoms with Crippen LogP contribution in [-0.2, 0) is 5.92 Å². The van der Waals surface area contributed by atoms with Gasteiger partial charge in [0.15, 0.2) is 0 Å². The molecule has 2 heterocycles. The van der Waals surface area contributed by atoms with Crippen LogP contribution in [0, 0.1) is 5.92 Å². The number of hydrogen-bond donors (Lipinski definition) is 1. The first-order valence-electron chi connectivity index (χ1n) is 5.68. The van der Waals surface area contributed by atoms with E-state index in [1.807, 2.05) is 0 Å². The fourth-order valence-corrected chi connectivity index (χ4v) is 2.13. The summed E-state index contributed by atoms with van der Waals surface area (Å²) in [6.07, 6.45) is 3.02. The average Bonchev–Trinajstić information content (AvgIpc) is 2.31. The van der Waals surface area contributed by atoms with Gasteiger partial charge in [-0.1, -0.05) is 6.07 Å². The molecule has 0 aromatic carbocycles. The second-order valence-electron chi connectivity index (χ2n) is 4.32. The largest absolute Gasteiger partial charge is 0.317 e. The minimum Gasteiger partial charge on any atom is -0.317 e. The number of nitrogens with zero attached hydrogens (tertiary/aromatic N) is 1. The summed E-state index contributed by atoms with van der Waals surface area (Å²) in [5.74, 6) is -2.68. The maximum Gasteiger partial charge on any atom is 0.289 e. The van der Waals surface area contributed by atoms with Gasteiger partial charge in [-0.25, -0.2) is 0 Å². The number of rotatable bonds is 3. The lowest BCUT2D eigenvalue weighted by molar-refractivity contribution is -0.0366. The molecular weight excluding hydrogens is 210 g/mol. The smallest absolute Gasteiger partial charge is 0.289 e. The van der Waals surface area contributed by atoms with E-state index < -0.39 is 5.92 Å². The third kappa shape index (κ3) is 2.76. The van der Waals surface area contributed by atoms with Crippen LogP contribution in [0.3, 0.4) is 0 Å². The first-order valence-corrected chi connectivity index (χ1v) is 5.68. The molecule has 1 aromatic heterocycles. The molecule has 2 rings (SSSR count). The van der Waals surface area contributed by atoms with Crippen molar-refractivity contribution in [3.8, 4) is 0 Å². The molecule has 0 spiro atoms. The van der Waals surface area contributed by atoms with E-state index in [-0.39, 0.29) is 18.0 Å². The van der Waals surface area contributed by atoms with E-state index in [1.54, 1.807) is 12.1 Å². The summed E-state index contributed by atoms with van der Waals surface area (Å²) in [5.41, 5.74) is -0.103. The molecule has 1 saturated heterocycles. The Morgan fingerprint density at radius 3 is 2.69 bits per heavy atom. The van der Waals surface area contributed by atoms with Crippen LogP contribution >= 0.6 is 0 Å². The molecule has 0 atom stereocenters. The van der Waals surface area contributed by atoms with Gasteiger partial charge < -0.3 is 5.32 Å². The van der Waals surface area contributed by atoms with Crippen molar-refractivity contribution in [3.05, 3.63) is 30.1 Å². The standard InChI is InChI=1S/C12H16F2N2/c13-12(14,11-3-1-2-6-16-11)9-10-4-7-15-8-5-10/h1-3,6,10,15H,4-5,7-9H2. The van der Waals surface area contributed by atoms with Crippen molar-refractivity contribution in [1.29, 1.82) is 0 Å². The fraction of sp³-hybridized carbons (Fsp3) is 0.583. The van der Waals surface area contributed by atoms with Crippen LogP contribution in [0.5, 0.6) is 0 Å². The number of halogens is 2. The maximum atomic E-state index is 13.9. The quantitative estimate of drug-likeness (QED) is 0.856. The molecule has 1 aromatic rings. The molecule has 1 N–H and O–H groups in total. The lowest BCUT2D eigenvalue weighted by atomic mass is 9.90. The number of piperidine rings is 1. The van der Waals surface area contributed by atoms with Crippen LogP contribution in [0.25, 0.3) is 0 Å². The second kappa shape index (κ2) is 4.87. The van der Waals surface area contributed by atoms with E-state index >= 15 is 0 Å². The van der Waals surface area contributed by atoms with Crippen molar-refractivity contribution >= 4 is 0 Å². The Morgan fingerprint density at radius 2 is 2.06 bits per heavy atom. The maximum absolute atomic E-state index is 13.9. The van der Waals surface area contributed by atoms with Gasteiger partial charge in [-0.05, 0) is 44.0 Å². The number of hydrogen-bond acceptors (Lipinski definition) is 2. The van der Waals surface area contributed by atoms with Crippen molar-refractivity contribution in [2.45, 2.75) is 25.2 Å². The Balaban J connectivity index is 2.01. The van der Waals surface area contributed by atoms with Gasteiger partial charge in [-0.15, -0.1) is 0 Å². The predicted octanol–water partition coefficient (Wildman–Crippen LogP) is 2.56. The highest BCUT2D eigenvalue weighted by Crippen LogP contribution is 2.35. The Hall–Kier alpha value is -1.03. The molecule has 1 aliphatic rings. The third-order valence-electron chi connectivity index (χ3n) is 3.04. The van der Waals surface area contributed by atoms with Crippen molar-refractivity contribution in [3.63, 3.8) is 0 Å². The van der Waals surface area contributed by atoms with E-state index in [1.165, 1.54) is 12.3 Å². The molecule has 0 amide bonds. The molecule has 2 nitrogen and oxygen atoms in total.